The van der Waals surface area contributed by atoms with E-state index in [0.717, 1.165) is 31.2 Å². The molecule has 4 amide bonds. The summed E-state index contributed by atoms with van der Waals surface area (Å²) in [6.45, 7) is 5.80. The fourth-order valence-electron chi connectivity index (χ4n) is 6.92. The van der Waals surface area contributed by atoms with Crippen LogP contribution < -0.4 is 32.3 Å². The maximum Gasteiger partial charge on any atom is 0.407 e. The largest absolute Gasteiger partial charge is 0.445 e. The van der Waals surface area contributed by atoms with Gasteiger partial charge >= 0.3 is 6.09 Å². The highest BCUT2D eigenvalue weighted by atomic mass is 35.5. The summed E-state index contributed by atoms with van der Waals surface area (Å²) < 4.78 is 5.25. The number of unbranched alkanes of at least 4 members (excludes halogenated alkanes) is 1. The molecular weight excluding hydrogens is 716 g/mol. The minimum absolute atomic E-state index is 0.0602. The summed E-state index contributed by atoms with van der Waals surface area (Å²) in [5.41, 5.74) is 11.8. The summed E-state index contributed by atoms with van der Waals surface area (Å²) in [6, 6.07) is 21.8. The lowest BCUT2D eigenvalue weighted by atomic mass is 9.87. The summed E-state index contributed by atoms with van der Waals surface area (Å²) in [5.74, 6) is -1.18. The number of benzene rings is 3. The Kier molecular flexibility index (Phi) is 17.5. The van der Waals surface area contributed by atoms with Crippen LogP contribution in [0.2, 0.25) is 5.02 Å². The molecule has 2 aliphatic carbocycles. The van der Waals surface area contributed by atoms with Gasteiger partial charge in [-0.25, -0.2) is 4.79 Å². The van der Waals surface area contributed by atoms with Crippen molar-refractivity contribution in [3.63, 3.8) is 0 Å². The summed E-state index contributed by atoms with van der Waals surface area (Å²) in [7, 11) is 1.67. The highest BCUT2D eigenvalue weighted by Gasteiger charge is 2.31. The van der Waals surface area contributed by atoms with Crippen molar-refractivity contribution in [2.45, 2.75) is 115 Å². The lowest BCUT2D eigenvalue weighted by molar-refractivity contribution is -0.133. The molecule has 0 spiro atoms. The number of halogens is 1. The molecule has 3 aromatic carbocycles. The molecule has 0 bridgehead atoms. The molecule has 55 heavy (non-hydrogen) atoms. The second-order valence-electron chi connectivity index (χ2n) is 14.7. The number of rotatable bonds is 15. The lowest BCUT2D eigenvalue weighted by Crippen LogP contribution is -2.57. The third-order valence-electron chi connectivity index (χ3n) is 10.3. The number of carbonyl (C=O) groups excluding carboxylic acids is 4. The maximum atomic E-state index is 13.6. The van der Waals surface area contributed by atoms with Crippen molar-refractivity contribution in [2.75, 3.05) is 13.6 Å². The van der Waals surface area contributed by atoms with Gasteiger partial charge in [-0.3, -0.25) is 14.4 Å². The predicted octanol–water partition coefficient (Wildman–Crippen LogP) is 6.19. The monoisotopic (exact) mass is 774 g/mol. The lowest BCUT2D eigenvalue weighted by Gasteiger charge is -2.30. The van der Waals surface area contributed by atoms with Crippen LogP contribution in [-0.2, 0) is 38.6 Å². The summed E-state index contributed by atoms with van der Waals surface area (Å²) in [5, 5.41) is 15.0. The van der Waals surface area contributed by atoms with Gasteiger partial charge in [0.05, 0.1) is 12.1 Å². The van der Waals surface area contributed by atoms with Crippen LogP contribution in [0.25, 0.3) is 0 Å². The number of nitrogens with one attached hydrogen (secondary N) is 5. The average molecular weight is 775 g/mol. The van der Waals surface area contributed by atoms with Crippen LogP contribution in [-0.4, -0.2) is 55.5 Å². The van der Waals surface area contributed by atoms with Crippen molar-refractivity contribution in [1.29, 1.82) is 0 Å². The van der Waals surface area contributed by atoms with Crippen molar-refractivity contribution < 1.29 is 23.9 Å². The third-order valence-corrected chi connectivity index (χ3v) is 10.7. The second kappa shape index (κ2) is 22.2. The highest BCUT2D eigenvalue weighted by molar-refractivity contribution is 6.31. The van der Waals surface area contributed by atoms with Crippen molar-refractivity contribution in [1.82, 2.24) is 26.6 Å². The van der Waals surface area contributed by atoms with Crippen LogP contribution in [0.15, 0.2) is 72.8 Å². The van der Waals surface area contributed by atoms with Gasteiger partial charge in [-0.05, 0) is 106 Å². The van der Waals surface area contributed by atoms with E-state index < -0.39 is 30.1 Å². The van der Waals surface area contributed by atoms with E-state index >= 15 is 0 Å². The van der Waals surface area contributed by atoms with E-state index in [1.165, 1.54) is 29.5 Å². The number of likely N-dealkylation sites (N-methyl/N-ethyl adjacent to an activating group) is 1. The van der Waals surface area contributed by atoms with Crippen LogP contribution in [0.5, 0.6) is 0 Å². The third kappa shape index (κ3) is 13.4. The van der Waals surface area contributed by atoms with Gasteiger partial charge in [0.2, 0.25) is 17.7 Å². The first-order valence-electron chi connectivity index (χ1n) is 19.6. The molecule has 2 aliphatic rings. The van der Waals surface area contributed by atoms with Gasteiger partial charge in [-0.1, -0.05) is 92.2 Å². The van der Waals surface area contributed by atoms with Crippen molar-refractivity contribution in [2.24, 2.45) is 11.7 Å². The standard InChI is InChI=1S/C33H46ClN5O5.C10H13N/c1-21(2)29(39-30(40)22(3)35-4)32(42)38-28(31(41)37-27-18-11-14-23-12-5-7-15-25(23)27)17-9-10-19-36-33(43)44-20-24-13-6-8-16-26(24)34;11-10-7-3-5-8-4-1-2-6-9(8)10/h5-8,12-13,15-16,21-22,27-29,35H,9-11,14,17-20H2,1-4H3,(H,36,43)(H,37,41)(H,38,42)(H,39,40);1-2,4,6,10H,3,5,7,11H2. The molecule has 7 N–H and O–H groups in total. The predicted molar refractivity (Wildman–Crippen MR) is 217 cm³/mol. The minimum Gasteiger partial charge on any atom is -0.445 e. The van der Waals surface area contributed by atoms with E-state index in [9.17, 15) is 19.2 Å². The molecule has 0 fully saturated rings. The molecule has 298 valence electrons. The Labute approximate surface area is 331 Å². The number of alkyl carbamates (subject to hydrolysis) is 1. The van der Waals surface area contributed by atoms with Gasteiger partial charge in [-0.2, -0.15) is 0 Å². The molecule has 3 aromatic rings. The number of hydrogen-bond acceptors (Lipinski definition) is 7. The van der Waals surface area contributed by atoms with Gasteiger partial charge in [-0.15, -0.1) is 0 Å². The zero-order valence-electron chi connectivity index (χ0n) is 32.7. The average Bonchev–Trinajstić information content (AvgIpc) is 3.19. The van der Waals surface area contributed by atoms with Crippen molar-refractivity contribution in [3.05, 3.63) is 106 Å². The van der Waals surface area contributed by atoms with Gasteiger partial charge in [0.15, 0.2) is 0 Å². The van der Waals surface area contributed by atoms with Gasteiger partial charge in [0, 0.05) is 23.2 Å². The Hall–Kier alpha value is -4.45. The fraction of sp³-hybridized carbons (Fsp3) is 0.488. The topological polar surface area (TPSA) is 164 Å². The molecule has 5 atom stereocenters. The number of fused-ring (bicyclic) bond motifs is 2. The Balaban J connectivity index is 0.000000517. The van der Waals surface area contributed by atoms with E-state index in [1.807, 2.05) is 38.1 Å². The SMILES string of the molecule is CNC(C)C(=O)NC(C(=O)NC(CCCCNC(=O)OCc1ccccc1Cl)C(=O)NC1CCCc2ccccc21)C(C)C.NC1CCCc2ccccc21. The molecule has 0 heterocycles. The zero-order valence-corrected chi connectivity index (χ0v) is 33.4. The first kappa shape index (κ1) is 43.3. The van der Waals surface area contributed by atoms with Gasteiger partial charge < -0.3 is 37.1 Å². The fourth-order valence-corrected chi connectivity index (χ4v) is 7.11. The Morgan fingerprint density at radius 3 is 2.11 bits per heavy atom. The molecule has 0 aromatic heterocycles. The normalized spacial score (nSPS) is 17.5. The number of amides is 4. The van der Waals surface area contributed by atoms with Crippen LogP contribution in [0.1, 0.15) is 106 Å². The van der Waals surface area contributed by atoms with E-state index in [0.29, 0.717) is 42.4 Å². The maximum absolute atomic E-state index is 13.6. The number of nitrogens with two attached hydrogens (primary N) is 1. The molecule has 0 saturated heterocycles. The first-order valence-corrected chi connectivity index (χ1v) is 20.0. The van der Waals surface area contributed by atoms with E-state index in [1.54, 1.807) is 32.2 Å². The highest BCUT2D eigenvalue weighted by Crippen LogP contribution is 2.30. The summed E-state index contributed by atoms with van der Waals surface area (Å²) in [4.78, 5) is 51.8. The number of aryl methyl sites for hydroxylation is 2. The molecule has 0 aliphatic heterocycles. The Morgan fingerprint density at radius 2 is 1.44 bits per heavy atom. The van der Waals surface area contributed by atoms with E-state index in [4.69, 9.17) is 22.1 Å². The van der Waals surface area contributed by atoms with Crippen LogP contribution in [0.4, 0.5) is 4.79 Å². The van der Waals surface area contributed by atoms with Crippen molar-refractivity contribution >= 4 is 35.4 Å². The zero-order chi connectivity index (χ0) is 39.7. The molecule has 5 unspecified atom stereocenters. The number of hydrogen-bond donors (Lipinski definition) is 6. The molecule has 0 saturated carbocycles. The van der Waals surface area contributed by atoms with Gasteiger partial charge in [0.1, 0.15) is 18.7 Å². The minimum atomic E-state index is -0.816. The van der Waals surface area contributed by atoms with Crippen LogP contribution in [0.3, 0.4) is 0 Å². The molecule has 0 radical (unpaired) electrons. The summed E-state index contributed by atoms with van der Waals surface area (Å²) in [6.07, 6.45) is 7.27. The Bertz CT molecular complexity index is 1720. The number of ether oxygens (including phenoxy) is 1. The summed E-state index contributed by atoms with van der Waals surface area (Å²) >= 11 is 6.11. The van der Waals surface area contributed by atoms with Crippen LogP contribution >= 0.6 is 11.6 Å². The quantitative estimate of drug-likeness (QED) is 0.100. The molecular formula is C43H59ClN6O5. The second-order valence-corrected chi connectivity index (χ2v) is 15.1. The molecule has 5 rings (SSSR count). The first-order chi connectivity index (χ1) is 26.5. The van der Waals surface area contributed by atoms with Gasteiger partial charge in [0.25, 0.3) is 0 Å². The van der Waals surface area contributed by atoms with Crippen LogP contribution in [0, 0.1) is 5.92 Å². The number of carbonyl (C=O) groups is 4. The van der Waals surface area contributed by atoms with E-state index in [-0.39, 0.29) is 30.4 Å². The van der Waals surface area contributed by atoms with Crippen molar-refractivity contribution in [3.8, 4) is 0 Å². The smallest absolute Gasteiger partial charge is 0.407 e. The molecule has 12 heteroatoms. The molecule has 11 nitrogen and oxygen atoms in total. The Morgan fingerprint density at radius 1 is 0.800 bits per heavy atom. The van der Waals surface area contributed by atoms with E-state index in [2.05, 4.69) is 56.9 Å².